The Hall–Kier alpha value is -2.80. The number of benzene rings is 2. The molecule has 0 aromatic heterocycles. The number of unbranched alkanes of at least 4 members (excludes halogenated alkanes) is 5. The third-order valence-electron chi connectivity index (χ3n) is 5.37. The third-order valence-corrected chi connectivity index (χ3v) is 7.90. The molecule has 0 aliphatic rings. The summed E-state index contributed by atoms with van der Waals surface area (Å²) in [6.45, 7) is 3.70. The quantitative estimate of drug-likeness (QED) is 0.202. The van der Waals surface area contributed by atoms with Gasteiger partial charge in [-0.15, -0.1) is 9.66 Å². The fraction of sp³-hybridized carbons (Fsp3) is 0.417. The molecule has 0 fully saturated rings. The molecule has 10 nitrogen and oxygen atoms in total. The molecular formula is C24H34N4O6S2. The summed E-state index contributed by atoms with van der Waals surface area (Å²) in [5, 5.41) is 0. The van der Waals surface area contributed by atoms with Crippen molar-refractivity contribution in [1.82, 2.24) is 20.5 Å². The monoisotopic (exact) mass is 538 g/mol. The molecule has 0 heterocycles. The molecule has 2 rings (SSSR count). The summed E-state index contributed by atoms with van der Waals surface area (Å²) in [7, 11) is -7.61. The van der Waals surface area contributed by atoms with E-state index >= 15 is 0 Å². The molecule has 2 aromatic rings. The number of amides is 2. The van der Waals surface area contributed by atoms with Crippen LogP contribution in [0.25, 0.3) is 0 Å². The first-order valence-electron chi connectivity index (χ1n) is 11.7. The van der Waals surface area contributed by atoms with Gasteiger partial charge in [0.1, 0.15) is 0 Å². The van der Waals surface area contributed by atoms with Crippen molar-refractivity contribution in [3.05, 3.63) is 59.7 Å². The molecule has 0 saturated carbocycles. The van der Waals surface area contributed by atoms with E-state index in [1.165, 1.54) is 24.3 Å². The number of sulfonamides is 2. The standard InChI is InChI=1S/C24H34N4O6S2/c1-19-11-15-21(16-12-19)35(31,32)27-25-23(29)9-7-5-3-4-6-8-10-24(30)26-28-36(33,34)22-17-13-20(2)14-18-22/h11-18,27-28H,3-10H2,1-2H3,(H,25,29)(H,26,30). The van der Waals surface area contributed by atoms with Crippen LogP contribution in [0.4, 0.5) is 0 Å². The van der Waals surface area contributed by atoms with E-state index in [4.69, 9.17) is 0 Å². The maximum absolute atomic E-state index is 12.2. The summed E-state index contributed by atoms with van der Waals surface area (Å²) >= 11 is 0. The van der Waals surface area contributed by atoms with Crippen molar-refractivity contribution in [2.45, 2.75) is 75.0 Å². The molecule has 12 heteroatoms. The van der Waals surface area contributed by atoms with Gasteiger partial charge in [-0.25, -0.2) is 16.8 Å². The Kier molecular flexibility index (Phi) is 11.5. The van der Waals surface area contributed by atoms with E-state index in [0.717, 1.165) is 36.8 Å². The number of carbonyl (C=O) groups is 2. The lowest BCUT2D eigenvalue weighted by molar-refractivity contribution is -0.122. The molecule has 4 N–H and O–H groups in total. The summed E-state index contributed by atoms with van der Waals surface area (Å²) < 4.78 is 48.6. The first-order valence-corrected chi connectivity index (χ1v) is 14.7. The van der Waals surface area contributed by atoms with Crippen molar-refractivity contribution in [3.8, 4) is 0 Å². The molecule has 0 saturated heterocycles. The van der Waals surface area contributed by atoms with Gasteiger partial charge in [0, 0.05) is 12.8 Å². The summed E-state index contributed by atoms with van der Waals surface area (Å²) in [6, 6.07) is 12.6. The Labute approximate surface area is 213 Å². The molecule has 0 unspecified atom stereocenters. The van der Waals surface area contributed by atoms with E-state index in [-0.39, 0.29) is 22.6 Å². The highest BCUT2D eigenvalue weighted by molar-refractivity contribution is 7.89. The fourth-order valence-corrected chi connectivity index (χ4v) is 4.92. The average Bonchev–Trinajstić information content (AvgIpc) is 2.84. The SMILES string of the molecule is Cc1ccc(S(=O)(=O)NNC(=O)CCCCCCCCC(=O)NNS(=O)(=O)c2ccc(C)cc2)cc1. The van der Waals surface area contributed by atoms with Gasteiger partial charge in [-0.1, -0.05) is 61.1 Å². The van der Waals surface area contributed by atoms with Crippen LogP contribution in [0.3, 0.4) is 0 Å². The lowest BCUT2D eigenvalue weighted by atomic mass is 10.1. The largest absolute Gasteiger partial charge is 0.278 e. The summed E-state index contributed by atoms with van der Waals surface area (Å²) in [5.74, 6) is -0.814. The maximum atomic E-state index is 12.2. The van der Waals surface area contributed by atoms with Crippen LogP contribution in [0.15, 0.2) is 58.3 Å². The van der Waals surface area contributed by atoms with Crippen LogP contribution < -0.4 is 20.5 Å². The van der Waals surface area contributed by atoms with E-state index in [0.29, 0.717) is 12.8 Å². The van der Waals surface area contributed by atoms with Crippen LogP contribution in [-0.2, 0) is 29.6 Å². The Morgan fingerprint density at radius 3 is 1.19 bits per heavy atom. The molecule has 0 aliphatic heterocycles. The lowest BCUT2D eigenvalue weighted by Crippen LogP contribution is -2.41. The fourth-order valence-electron chi connectivity index (χ4n) is 3.20. The molecule has 0 atom stereocenters. The Balaban J connectivity index is 1.51. The van der Waals surface area contributed by atoms with Crippen molar-refractivity contribution in [3.63, 3.8) is 0 Å². The van der Waals surface area contributed by atoms with Crippen LogP contribution in [0, 0.1) is 13.8 Å². The van der Waals surface area contributed by atoms with Gasteiger partial charge in [0.05, 0.1) is 9.79 Å². The summed E-state index contributed by atoms with van der Waals surface area (Å²) in [6.07, 6.45) is 4.92. The van der Waals surface area contributed by atoms with Crippen LogP contribution >= 0.6 is 0 Å². The molecule has 2 amide bonds. The van der Waals surface area contributed by atoms with E-state index < -0.39 is 31.9 Å². The molecule has 2 aromatic carbocycles. The minimum absolute atomic E-state index is 0.0748. The van der Waals surface area contributed by atoms with Crippen LogP contribution in [0.1, 0.15) is 62.5 Å². The van der Waals surface area contributed by atoms with Crippen LogP contribution in [0.5, 0.6) is 0 Å². The first-order chi connectivity index (χ1) is 17.0. The van der Waals surface area contributed by atoms with Gasteiger partial charge in [0.2, 0.25) is 11.8 Å². The van der Waals surface area contributed by atoms with E-state index in [1.54, 1.807) is 24.3 Å². The molecule has 36 heavy (non-hydrogen) atoms. The first kappa shape index (κ1) is 29.4. The predicted octanol–water partition coefficient (Wildman–Crippen LogP) is 2.74. The predicted molar refractivity (Wildman–Crippen MR) is 136 cm³/mol. The zero-order valence-electron chi connectivity index (χ0n) is 20.5. The summed E-state index contributed by atoms with van der Waals surface area (Å²) in [4.78, 5) is 28.1. The number of rotatable bonds is 15. The number of aryl methyl sites for hydroxylation is 2. The van der Waals surface area contributed by atoms with Gasteiger partial charge in [0.25, 0.3) is 20.0 Å². The Morgan fingerprint density at radius 1 is 0.556 bits per heavy atom. The molecule has 0 bridgehead atoms. The van der Waals surface area contributed by atoms with E-state index in [9.17, 15) is 26.4 Å². The van der Waals surface area contributed by atoms with Gasteiger partial charge < -0.3 is 0 Å². The molecule has 0 spiro atoms. The maximum Gasteiger partial charge on any atom is 0.257 e. The minimum Gasteiger partial charge on any atom is -0.278 e. The van der Waals surface area contributed by atoms with Crippen molar-refractivity contribution < 1.29 is 26.4 Å². The van der Waals surface area contributed by atoms with Crippen molar-refractivity contribution in [2.24, 2.45) is 0 Å². The summed E-state index contributed by atoms with van der Waals surface area (Å²) in [5.41, 5.74) is 6.32. The van der Waals surface area contributed by atoms with Crippen molar-refractivity contribution in [1.29, 1.82) is 0 Å². The van der Waals surface area contributed by atoms with Gasteiger partial charge in [0.15, 0.2) is 0 Å². The molecule has 0 aliphatic carbocycles. The number of hydrogen-bond acceptors (Lipinski definition) is 6. The van der Waals surface area contributed by atoms with Gasteiger partial charge in [-0.05, 0) is 51.0 Å². The molecular weight excluding hydrogens is 504 g/mol. The highest BCUT2D eigenvalue weighted by Gasteiger charge is 2.15. The third kappa shape index (κ3) is 10.4. The smallest absolute Gasteiger partial charge is 0.257 e. The Bertz CT molecular complexity index is 1110. The topological polar surface area (TPSA) is 151 Å². The lowest BCUT2D eigenvalue weighted by Gasteiger charge is -2.09. The van der Waals surface area contributed by atoms with Crippen LogP contribution in [-0.4, -0.2) is 28.6 Å². The number of hydrogen-bond donors (Lipinski definition) is 4. The average molecular weight is 539 g/mol. The zero-order valence-corrected chi connectivity index (χ0v) is 22.2. The second-order valence-electron chi connectivity index (χ2n) is 8.55. The molecule has 0 radical (unpaired) electrons. The highest BCUT2D eigenvalue weighted by atomic mass is 32.2. The van der Waals surface area contributed by atoms with Crippen molar-refractivity contribution in [2.75, 3.05) is 0 Å². The Morgan fingerprint density at radius 2 is 0.861 bits per heavy atom. The number of carbonyl (C=O) groups excluding carboxylic acids is 2. The highest BCUT2D eigenvalue weighted by Crippen LogP contribution is 2.11. The zero-order chi connectivity index (χ0) is 26.6. The number of hydrazine groups is 2. The van der Waals surface area contributed by atoms with Crippen molar-refractivity contribution >= 4 is 31.9 Å². The second-order valence-corrected chi connectivity index (χ2v) is 11.9. The second kappa shape index (κ2) is 14.1. The minimum atomic E-state index is -3.81. The normalized spacial score (nSPS) is 11.7. The van der Waals surface area contributed by atoms with Crippen LogP contribution in [0.2, 0.25) is 0 Å². The van der Waals surface area contributed by atoms with Gasteiger partial charge in [-0.2, -0.15) is 0 Å². The van der Waals surface area contributed by atoms with E-state index in [2.05, 4.69) is 20.5 Å². The number of nitrogens with one attached hydrogen (secondary N) is 4. The van der Waals surface area contributed by atoms with Gasteiger partial charge >= 0.3 is 0 Å². The molecule has 198 valence electrons. The van der Waals surface area contributed by atoms with E-state index in [1.807, 2.05) is 13.8 Å². The van der Waals surface area contributed by atoms with Gasteiger partial charge in [-0.3, -0.25) is 20.4 Å².